The molecule has 0 aliphatic heterocycles. The maximum absolute atomic E-state index is 12.6. The summed E-state index contributed by atoms with van der Waals surface area (Å²) in [6.07, 6.45) is 5.80. The van der Waals surface area contributed by atoms with Crippen LogP contribution in [0.4, 0.5) is 0 Å². The highest BCUT2D eigenvalue weighted by molar-refractivity contribution is 5.79. The van der Waals surface area contributed by atoms with E-state index in [2.05, 4.69) is 10.3 Å². The highest BCUT2D eigenvalue weighted by Gasteiger charge is 2.34. The minimum atomic E-state index is -0.240. The Kier molecular flexibility index (Phi) is 5.66. The Morgan fingerprint density at radius 2 is 2.00 bits per heavy atom. The summed E-state index contributed by atoms with van der Waals surface area (Å²) in [6.45, 7) is 0. The summed E-state index contributed by atoms with van der Waals surface area (Å²) in [5, 5.41) is 12.8. The monoisotopic (exact) mass is 340 g/mol. The van der Waals surface area contributed by atoms with Gasteiger partial charge >= 0.3 is 0 Å². The van der Waals surface area contributed by atoms with E-state index in [9.17, 15) is 9.90 Å². The molecule has 1 aliphatic carbocycles. The maximum atomic E-state index is 12.6. The van der Waals surface area contributed by atoms with Gasteiger partial charge in [-0.1, -0.05) is 18.2 Å². The second kappa shape index (κ2) is 8.12. The van der Waals surface area contributed by atoms with Gasteiger partial charge in [-0.2, -0.15) is 0 Å². The highest BCUT2D eigenvalue weighted by atomic mass is 16.5. The summed E-state index contributed by atoms with van der Waals surface area (Å²) in [5.41, 5.74) is 2.01. The second-order valence-electron chi connectivity index (χ2n) is 6.61. The van der Waals surface area contributed by atoms with Crippen molar-refractivity contribution in [1.82, 2.24) is 10.3 Å². The number of rotatable bonds is 7. The quantitative estimate of drug-likeness (QED) is 0.810. The topological polar surface area (TPSA) is 71.5 Å². The number of carbonyl (C=O) groups excluding carboxylic acids is 1. The summed E-state index contributed by atoms with van der Waals surface area (Å²) in [4.78, 5) is 16.6. The van der Waals surface area contributed by atoms with E-state index in [0.29, 0.717) is 5.92 Å². The standard InChI is InChI=1S/C20H24N2O3/c1-25-19-5-3-2-4-15(19)13-20(24)22-18(16-11-17(23)12-16)10-14-6-8-21-9-7-14/h2-9,16-18,23H,10-13H2,1H3,(H,22,24)/t16?,17?,18-/m1/s1. The molecule has 1 saturated carbocycles. The van der Waals surface area contributed by atoms with Crippen molar-refractivity contribution in [3.8, 4) is 5.75 Å². The Morgan fingerprint density at radius 1 is 1.28 bits per heavy atom. The van der Waals surface area contributed by atoms with Crippen LogP contribution in [0.1, 0.15) is 24.0 Å². The molecule has 0 bridgehead atoms. The third-order valence-electron chi connectivity index (χ3n) is 4.81. The number of benzene rings is 1. The molecule has 1 aromatic carbocycles. The molecule has 25 heavy (non-hydrogen) atoms. The van der Waals surface area contributed by atoms with Gasteiger partial charge in [0.25, 0.3) is 0 Å². The van der Waals surface area contributed by atoms with Gasteiger partial charge < -0.3 is 15.2 Å². The van der Waals surface area contributed by atoms with Crippen molar-refractivity contribution in [2.24, 2.45) is 5.92 Å². The predicted octanol–water partition coefficient (Wildman–Crippen LogP) is 2.13. The number of ether oxygens (including phenoxy) is 1. The zero-order chi connectivity index (χ0) is 17.6. The van der Waals surface area contributed by atoms with E-state index in [0.717, 1.165) is 36.1 Å². The second-order valence-corrected chi connectivity index (χ2v) is 6.61. The van der Waals surface area contributed by atoms with Gasteiger partial charge in [0.15, 0.2) is 0 Å². The molecule has 3 rings (SSSR count). The molecule has 1 amide bonds. The van der Waals surface area contributed by atoms with E-state index < -0.39 is 0 Å². The Morgan fingerprint density at radius 3 is 2.68 bits per heavy atom. The molecule has 0 spiro atoms. The number of pyridine rings is 1. The van der Waals surface area contributed by atoms with Crippen molar-refractivity contribution in [2.75, 3.05) is 7.11 Å². The minimum Gasteiger partial charge on any atom is -0.496 e. The molecule has 2 aromatic rings. The molecule has 0 saturated heterocycles. The first kappa shape index (κ1) is 17.4. The molecule has 5 nitrogen and oxygen atoms in total. The van der Waals surface area contributed by atoms with Crippen LogP contribution in [0.25, 0.3) is 0 Å². The van der Waals surface area contributed by atoms with Crippen LogP contribution in [0.5, 0.6) is 5.75 Å². The van der Waals surface area contributed by atoms with Gasteiger partial charge in [0, 0.05) is 24.0 Å². The molecule has 1 aliphatic rings. The van der Waals surface area contributed by atoms with Crippen molar-refractivity contribution >= 4 is 5.91 Å². The van der Waals surface area contributed by atoms with Gasteiger partial charge in [0.1, 0.15) is 5.75 Å². The molecule has 0 unspecified atom stereocenters. The Bertz CT molecular complexity index is 699. The number of aliphatic hydroxyl groups excluding tert-OH is 1. The summed E-state index contributed by atoms with van der Waals surface area (Å²) < 4.78 is 5.32. The van der Waals surface area contributed by atoms with Crippen LogP contribution in [0.3, 0.4) is 0 Å². The lowest BCUT2D eigenvalue weighted by Gasteiger charge is -2.38. The van der Waals surface area contributed by atoms with Crippen LogP contribution in [-0.4, -0.2) is 35.3 Å². The van der Waals surface area contributed by atoms with Gasteiger partial charge in [0.05, 0.1) is 19.6 Å². The van der Waals surface area contributed by atoms with Gasteiger partial charge in [-0.15, -0.1) is 0 Å². The summed E-state index contributed by atoms with van der Waals surface area (Å²) >= 11 is 0. The average molecular weight is 340 g/mol. The van der Waals surface area contributed by atoms with Crippen molar-refractivity contribution in [1.29, 1.82) is 0 Å². The van der Waals surface area contributed by atoms with Crippen LogP contribution >= 0.6 is 0 Å². The first-order chi connectivity index (χ1) is 12.2. The number of hydrogen-bond donors (Lipinski definition) is 2. The molecule has 2 N–H and O–H groups in total. The van der Waals surface area contributed by atoms with Crippen molar-refractivity contribution in [3.05, 3.63) is 59.9 Å². The molecule has 0 radical (unpaired) electrons. The van der Waals surface area contributed by atoms with Crippen molar-refractivity contribution < 1.29 is 14.6 Å². The van der Waals surface area contributed by atoms with E-state index in [1.807, 2.05) is 36.4 Å². The molecule has 1 atom stereocenters. The molecular formula is C20H24N2O3. The van der Waals surface area contributed by atoms with E-state index in [1.165, 1.54) is 0 Å². The molecule has 132 valence electrons. The number of aromatic nitrogens is 1. The normalized spacial score (nSPS) is 20.4. The van der Waals surface area contributed by atoms with Crippen LogP contribution < -0.4 is 10.1 Å². The van der Waals surface area contributed by atoms with Gasteiger partial charge in [-0.25, -0.2) is 0 Å². The number of nitrogens with one attached hydrogen (secondary N) is 1. The number of methoxy groups -OCH3 is 1. The number of para-hydroxylation sites is 1. The molecule has 5 heteroatoms. The van der Waals surface area contributed by atoms with Crippen molar-refractivity contribution in [3.63, 3.8) is 0 Å². The fraction of sp³-hybridized carbons (Fsp3) is 0.400. The van der Waals surface area contributed by atoms with Gasteiger partial charge in [0.2, 0.25) is 5.91 Å². The average Bonchev–Trinajstić information content (AvgIpc) is 2.60. The summed E-state index contributed by atoms with van der Waals surface area (Å²) in [7, 11) is 1.61. The van der Waals surface area contributed by atoms with Gasteiger partial charge in [-0.05, 0) is 48.9 Å². The number of amides is 1. The predicted molar refractivity (Wildman–Crippen MR) is 95.3 cm³/mol. The Hall–Kier alpha value is -2.40. The van der Waals surface area contributed by atoms with E-state index in [-0.39, 0.29) is 24.5 Å². The summed E-state index contributed by atoms with van der Waals surface area (Å²) in [6, 6.07) is 11.5. The Labute approximate surface area is 148 Å². The summed E-state index contributed by atoms with van der Waals surface area (Å²) in [5.74, 6) is 1.01. The first-order valence-electron chi connectivity index (χ1n) is 8.64. The SMILES string of the molecule is COc1ccccc1CC(=O)N[C@H](Cc1ccncc1)C1CC(O)C1. The maximum Gasteiger partial charge on any atom is 0.224 e. The van der Waals surface area contributed by atoms with Crippen LogP contribution in [0.15, 0.2) is 48.8 Å². The molecule has 1 aromatic heterocycles. The Balaban J connectivity index is 1.66. The van der Waals surface area contributed by atoms with Crippen LogP contribution in [0.2, 0.25) is 0 Å². The fourth-order valence-corrected chi connectivity index (χ4v) is 3.35. The van der Waals surface area contributed by atoms with Crippen LogP contribution in [0, 0.1) is 5.92 Å². The minimum absolute atomic E-state index is 0.0213. The zero-order valence-corrected chi connectivity index (χ0v) is 14.4. The van der Waals surface area contributed by atoms with E-state index in [4.69, 9.17) is 4.74 Å². The lowest BCUT2D eigenvalue weighted by atomic mass is 9.75. The molecule has 1 fully saturated rings. The van der Waals surface area contributed by atoms with E-state index in [1.54, 1.807) is 19.5 Å². The lowest BCUT2D eigenvalue weighted by molar-refractivity contribution is -0.122. The van der Waals surface area contributed by atoms with Gasteiger partial charge in [-0.3, -0.25) is 9.78 Å². The first-order valence-corrected chi connectivity index (χ1v) is 8.64. The largest absolute Gasteiger partial charge is 0.496 e. The smallest absolute Gasteiger partial charge is 0.224 e. The fourth-order valence-electron chi connectivity index (χ4n) is 3.35. The lowest BCUT2D eigenvalue weighted by Crippen LogP contribution is -2.48. The third kappa shape index (κ3) is 4.57. The number of aliphatic hydroxyl groups is 1. The number of nitrogens with zero attached hydrogens (tertiary/aromatic N) is 1. The number of carbonyl (C=O) groups is 1. The number of hydrogen-bond acceptors (Lipinski definition) is 4. The molecular weight excluding hydrogens is 316 g/mol. The highest BCUT2D eigenvalue weighted by Crippen LogP contribution is 2.32. The molecule has 1 heterocycles. The zero-order valence-electron chi connectivity index (χ0n) is 14.4. The van der Waals surface area contributed by atoms with Crippen LogP contribution in [-0.2, 0) is 17.6 Å². The van der Waals surface area contributed by atoms with Crippen molar-refractivity contribution in [2.45, 2.75) is 37.8 Å². The third-order valence-corrected chi connectivity index (χ3v) is 4.81. The van der Waals surface area contributed by atoms with E-state index >= 15 is 0 Å².